The minimum atomic E-state index is 0.646. The molecule has 0 atom stereocenters. The summed E-state index contributed by atoms with van der Waals surface area (Å²) in [5, 5.41) is 12.6. The summed E-state index contributed by atoms with van der Waals surface area (Å²) in [6, 6.07) is 14.3. The van der Waals surface area contributed by atoms with Crippen molar-refractivity contribution in [2.24, 2.45) is 0 Å². The summed E-state index contributed by atoms with van der Waals surface area (Å²) >= 11 is 3.23. The fraction of sp³-hybridized carbons (Fsp3) is 0.263. The molecule has 0 saturated heterocycles. The number of hydrogen-bond donors (Lipinski definition) is 1. The van der Waals surface area contributed by atoms with Crippen LogP contribution in [0.5, 0.6) is 5.75 Å². The molecule has 0 bridgehead atoms. The Morgan fingerprint density at radius 3 is 2.64 bits per heavy atom. The lowest BCUT2D eigenvalue weighted by Gasteiger charge is -2.08. The Morgan fingerprint density at radius 1 is 1.04 bits per heavy atom. The summed E-state index contributed by atoms with van der Waals surface area (Å²) in [5.41, 5.74) is 4.81. The number of anilines is 2. The molecule has 0 radical (unpaired) electrons. The first kappa shape index (κ1) is 17.8. The summed E-state index contributed by atoms with van der Waals surface area (Å²) in [6.07, 6.45) is 0. The summed E-state index contributed by atoms with van der Waals surface area (Å²) in [7, 11) is 0. The molecule has 1 heterocycles. The topological polar surface area (TPSA) is 47.0 Å². The summed E-state index contributed by atoms with van der Waals surface area (Å²) in [5.74, 6) is 1.74. The largest absolute Gasteiger partial charge is 0.493 e. The number of thioether (sulfide) groups is 1. The smallest absolute Gasteiger partial charge is 0.210 e. The van der Waals surface area contributed by atoms with Crippen molar-refractivity contribution >= 4 is 33.9 Å². The van der Waals surface area contributed by atoms with Crippen molar-refractivity contribution in [2.75, 3.05) is 17.7 Å². The van der Waals surface area contributed by atoms with Crippen molar-refractivity contribution in [3.05, 3.63) is 59.2 Å². The predicted octanol–water partition coefficient (Wildman–Crippen LogP) is 5.38. The van der Waals surface area contributed by atoms with Crippen molar-refractivity contribution < 1.29 is 4.74 Å². The van der Waals surface area contributed by atoms with Gasteiger partial charge in [0.1, 0.15) is 5.75 Å². The molecule has 3 rings (SSSR count). The molecular weight excluding hydrogens is 350 g/mol. The Kier molecular flexibility index (Phi) is 5.94. The van der Waals surface area contributed by atoms with E-state index in [0.29, 0.717) is 6.61 Å². The standard InChI is InChI=1S/C19H21N3OS2/c1-13-7-9-16(10-8-13)23-11-12-24-19-22-21-18(25-19)20-17-6-4-5-14(2)15(17)3/h4-10H,11-12H2,1-3H3,(H,20,21). The highest BCUT2D eigenvalue weighted by atomic mass is 32.2. The molecule has 6 heteroatoms. The minimum absolute atomic E-state index is 0.646. The van der Waals surface area contributed by atoms with Crippen LogP contribution in [0.2, 0.25) is 0 Å². The maximum absolute atomic E-state index is 5.73. The van der Waals surface area contributed by atoms with E-state index in [-0.39, 0.29) is 0 Å². The highest BCUT2D eigenvalue weighted by Crippen LogP contribution is 2.29. The molecule has 0 saturated carbocycles. The van der Waals surface area contributed by atoms with E-state index in [1.54, 1.807) is 23.1 Å². The lowest BCUT2D eigenvalue weighted by molar-refractivity contribution is 0.344. The second-order valence-corrected chi connectivity index (χ2v) is 8.08. The van der Waals surface area contributed by atoms with Crippen LogP contribution in [0.25, 0.3) is 0 Å². The predicted molar refractivity (Wildman–Crippen MR) is 107 cm³/mol. The highest BCUT2D eigenvalue weighted by Gasteiger charge is 2.07. The summed E-state index contributed by atoms with van der Waals surface area (Å²) in [6.45, 7) is 6.93. The van der Waals surface area contributed by atoms with E-state index in [9.17, 15) is 0 Å². The highest BCUT2D eigenvalue weighted by molar-refractivity contribution is 8.01. The first-order chi connectivity index (χ1) is 12.1. The van der Waals surface area contributed by atoms with Gasteiger partial charge in [-0.2, -0.15) is 0 Å². The number of hydrogen-bond acceptors (Lipinski definition) is 6. The second kappa shape index (κ2) is 8.36. The van der Waals surface area contributed by atoms with E-state index in [1.165, 1.54) is 16.7 Å². The number of benzene rings is 2. The van der Waals surface area contributed by atoms with E-state index in [4.69, 9.17) is 4.74 Å². The lowest BCUT2D eigenvalue weighted by atomic mass is 10.1. The van der Waals surface area contributed by atoms with Crippen LogP contribution in [0.3, 0.4) is 0 Å². The van der Waals surface area contributed by atoms with Gasteiger partial charge in [-0.1, -0.05) is 52.9 Å². The molecule has 0 fully saturated rings. The maximum atomic E-state index is 5.73. The van der Waals surface area contributed by atoms with Crippen LogP contribution >= 0.6 is 23.1 Å². The van der Waals surface area contributed by atoms with E-state index in [2.05, 4.69) is 60.6 Å². The Labute approximate surface area is 156 Å². The number of aromatic nitrogens is 2. The molecule has 3 aromatic rings. The molecule has 0 aliphatic rings. The van der Waals surface area contributed by atoms with Crippen molar-refractivity contribution in [3.8, 4) is 5.75 Å². The van der Waals surface area contributed by atoms with Crippen LogP contribution in [0, 0.1) is 20.8 Å². The van der Waals surface area contributed by atoms with Gasteiger partial charge in [0.15, 0.2) is 4.34 Å². The van der Waals surface area contributed by atoms with E-state index >= 15 is 0 Å². The summed E-state index contributed by atoms with van der Waals surface area (Å²) in [4.78, 5) is 0. The van der Waals surface area contributed by atoms with Crippen LogP contribution in [-0.4, -0.2) is 22.6 Å². The molecule has 130 valence electrons. The molecule has 0 unspecified atom stereocenters. The fourth-order valence-electron chi connectivity index (χ4n) is 2.24. The molecule has 0 aliphatic heterocycles. The van der Waals surface area contributed by atoms with Gasteiger partial charge in [0.05, 0.1) is 6.61 Å². The van der Waals surface area contributed by atoms with Crippen molar-refractivity contribution in [1.29, 1.82) is 0 Å². The molecule has 0 amide bonds. The quantitative estimate of drug-likeness (QED) is 0.446. The second-order valence-electron chi connectivity index (χ2n) is 5.76. The zero-order valence-corrected chi connectivity index (χ0v) is 16.2. The van der Waals surface area contributed by atoms with Gasteiger partial charge < -0.3 is 10.1 Å². The monoisotopic (exact) mass is 371 g/mol. The lowest BCUT2D eigenvalue weighted by Crippen LogP contribution is -1.99. The van der Waals surface area contributed by atoms with Gasteiger partial charge in [-0.05, 0) is 50.1 Å². The average Bonchev–Trinajstić information content (AvgIpc) is 3.05. The maximum Gasteiger partial charge on any atom is 0.210 e. The van der Waals surface area contributed by atoms with Crippen LogP contribution < -0.4 is 10.1 Å². The first-order valence-electron chi connectivity index (χ1n) is 8.11. The first-order valence-corrected chi connectivity index (χ1v) is 9.91. The minimum Gasteiger partial charge on any atom is -0.493 e. The number of nitrogens with zero attached hydrogens (tertiary/aromatic N) is 2. The van der Waals surface area contributed by atoms with Crippen LogP contribution in [0.15, 0.2) is 46.8 Å². The zero-order valence-electron chi connectivity index (χ0n) is 14.6. The van der Waals surface area contributed by atoms with Gasteiger partial charge in [-0.3, -0.25) is 0 Å². The van der Waals surface area contributed by atoms with Crippen LogP contribution in [0.4, 0.5) is 10.8 Å². The van der Waals surface area contributed by atoms with Gasteiger partial charge in [-0.15, -0.1) is 10.2 Å². The fourth-order valence-corrected chi connectivity index (χ4v) is 3.90. The third kappa shape index (κ3) is 4.96. The van der Waals surface area contributed by atoms with Crippen LogP contribution in [-0.2, 0) is 0 Å². The Hall–Kier alpha value is -2.05. The van der Waals surface area contributed by atoms with Gasteiger partial charge in [0.2, 0.25) is 5.13 Å². The van der Waals surface area contributed by atoms with Gasteiger partial charge >= 0.3 is 0 Å². The molecule has 0 aliphatic carbocycles. The van der Waals surface area contributed by atoms with Crippen molar-refractivity contribution in [1.82, 2.24) is 10.2 Å². The Morgan fingerprint density at radius 2 is 1.84 bits per heavy atom. The number of ether oxygens (including phenoxy) is 1. The Balaban J connectivity index is 1.48. The molecule has 2 aromatic carbocycles. The number of rotatable bonds is 7. The SMILES string of the molecule is Cc1ccc(OCCSc2nnc(Nc3cccc(C)c3C)s2)cc1. The third-order valence-corrected chi connectivity index (χ3v) is 5.79. The zero-order chi connectivity index (χ0) is 17.6. The molecular formula is C19H21N3OS2. The van der Waals surface area contributed by atoms with E-state index < -0.39 is 0 Å². The summed E-state index contributed by atoms with van der Waals surface area (Å²) < 4.78 is 6.68. The van der Waals surface area contributed by atoms with Gasteiger partial charge in [-0.25, -0.2) is 0 Å². The molecule has 1 aromatic heterocycles. The van der Waals surface area contributed by atoms with Crippen LogP contribution in [0.1, 0.15) is 16.7 Å². The number of nitrogens with one attached hydrogen (secondary N) is 1. The van der Waals surface area contributed by atoms with Crippen molar-refractivity contribution in [2.45, 2.75) is 25.1 Å². The normalized spacial score (nSPS) is 10.7. The Bertz CT molecular complexity index is 831. The van der Waals surface area contributed by atoms with Gasteiger partial charge in [0, 0.05) is 11.4 Å². The van der Waals surface area contributed by atoms with E-state index in [1.807, 2.05) is 18.2 Å². The molecule has 25 heavy (non-hydrogen) atoms. The third-order valence-electron chi connectivity index (χ3n) is 3.85. The molecule has 4 nitrogen and oxygen atoms in total. The average molecular weight is 372 g/mol. The van der Waals surface area contributed by atoms with Crippen molar-refractivity contribution in [3.63, 3.8) is 0 Å². The van der Waals surface area contributed by atoms with Gasteiger partial charge in [0.25, 0.3) is 0 Å². The molecule has 1 N–H and O–H groups in total. The molecule has 0 spiro atoms. The number of aryl methyl sites for hydroxylation is 2. The van der Waals surface area contributed by atoms with E-state index in [0.717, 1.165) is 26.7 Å².